The molecule has 0 saturated carbocycles. The van der Waals surface area contributed by atoms with E-state index in [-0.39, 0.29) is 5.91 Å². The van der Waals surface area contributed by atoms with Crippen molar-refractivity contribution in [1.29, 1.82) is 0 Å². The van der Waals surface area contributed by atoms with E-state index in [4.69, 9.17) is 9.47 Å². The number of hydrogen-bond donors (Lipinski definition) is 1. The van der Waals surface area contributed by atoms with Crippen LogP contribution < -0.4 is 14.8 Å². The van der Waals surface area contributed by atoms with Gasteiger partial charge in [-0.1, -0.05) is 17.7 Å². The van der Waals surface area contributed by atoms with Gasteiger partial charge in [-0.3, -0.25) is 4.79 Å². The summed E-state index contributed by atoms with van der Waals surface area (Å²) in [5, 5.41) is 2.93. The molecule has 128 valence electrons. The third-order valence-electron chi connectivity index (χ3n) is 3.40. The Morgan fingerprint density at radius 2 is 1.88 bits per heavy atom. The lowest BCUT2D eigenvalue weighted by atomic mass is 10.2. The summed E-state index contributed by atoms with van der Waals surface area (Å²) in [6.45, 7) is 5.14. The maximum atomic E-state index is 12.2. The fourth-order valence-corrected chi connectivity index (χ4v) is 2.92. The van der Waals surface area contributed by atoms with Gasteiger partial charge in [-0.05, 0) is 44.2 Å². The van der Waals surface area contributed by atoms with Crippen LogP contribution in [-0.2, 0) is 0 Å². The summed E-state index contributed by atoms with van der Waals surface area (Å²) in [5.41, 5.74) is 1.81. The van der Waals surface area contributed by atoms with Gasteiger partial charge < -0.3 is 14.8 Å². The van der Waals surface area contributed by atoms with Gasteiger partial charge in [0.15, 0.2) is 11.5 Å². The van der Waals surface area contributed by atoms with Crippen LogP contribution >= 0.6 is 11.8 Å². The smallest absolute Gasteiger partial charge is 0.251 e. The number of methoxy groups -OCH3 is 1. The minimum absolute atomic E-state index is 0.110. The van der Waals surface area contributed by atoms with Crippen molar-refractivity contribution in [2.75, 3.05) is 26.0 Å². The maximum Gasteiger partial charge on any atom is 0.251 e. The number of carbonyl (C=O) groups is 1. The van der Waals surface area contributed by atoms with Crippen molar-refractivity contribution < 1.29 is 14.3 Å². The number of benzene rings is 2. The summed E-state index contributed by atoms with van der Waals surface area (Å²) in [6, 6.07) is 13.6. The van der Waals surface area contributed by atoms with Gasteiger partial charge in [0.1, 0.15) is 0 Å². The molecule has 0 radical (unpaired) electrons. The Balaban J connectivity index is 1.84. The largest absolute Gasteiger partial charge is 0.493 e. The third-order valence-corrected chi connectivity index (χ3v) is 4.42. The molecule has 0 heterocycles. The Morgan fingerprint density at radius 3 is 2.54 bits per heavy atom. The highest BCUT2D eigenvalue weighted by molar-refractivity contribution is 7.99. The molecule has 24 heavy (non-hydrogen) atoms. The van der Waals surface area contributed by atoms with Crippen LogP contribution in [0, 0.1) is 6.92 Å². The molecule has 2 rings (SSSR count). The zero-order valence-electron chi connectivity index (χ0n) is 14.3. The minimum Gasteiger partial charge on any atom is -0.493 e. The molecule has 0 fully saturated rings. The molecule has 1 amide bonds. The number of ether oxygens (including phenoxy) is 2. The van der Waals surface area contributed by atoms with Gasteiger partial charge in [-0.2, -0.15) is 0 Å². The standard InChI is InChI=1S/C19H23NO3S/c1-4-23-17-10-7-15(13-18(17)22-3)19(21)20-11-12-24-16-8-5-14(2)6-9-16/h5-10,13H,4,11-12H2,1-3H3,(H,20,21). The lowest BCUT2D eigenvalue weighted by Gasteiger charge is -2.11. The van der Waals surface area contributed by atoms with E-state index in [9.17, 15) is 4.79 Å². The Morgan fingerprint density at radius 1 is 1.12 bits per heavy atom. The predicted molar refractivity (Wildman–Crippen MR) is 98.4 cm³/mol. The second-order valence-corrected chi connectivity index (χ2v) is 6.38. The molecular formula is C19H23NO3S. The fraction of sp³-hybridized carbons (Fsp3) is 0.316. The van der Waals surface area contributed by atoms with Crippen molar-refractivity contribution >= 4 is 17.7 Å². The van der Waals surface area contributed by atoms with E-state index >= 15 is 0 Å². The number of thioether (sulfide) groups is 1. The first-order valence-corrected chi connectivity index (χ1v) is 8.91. The SMILES string of the molecule is CCOc1ccc(C(=O)NCCSc2ccc(C)cc2)cc1OC. The van der Waals surface area contributed by atoms with Crippen molar-refractivity contribution in [2.24, 2.45) is 0 Å². The average molecular weight is 345 g/mol. The normalized spacial score (nSPS) is 10.3. The topological polar surface area (TPSA) is 47.6 Å². The minimum atomic E-state index is -0.110. The van der Waals surface area contributed by atoms with Crippen molar-refractivity contribution in [3.63, 3.8) is 0 Å². The van der Waals surface area contributed by atoms with Gasteiger partial charge in [0.25, 0.3) is 5.91 Å². The second kappa shape index (κ2) is 9.23. The molecule has 0 aliphatic carbocycles. The van der Waals surface area contributed by atoms with Crippen molar-refractivity contribution in [3.8, 4) is 11.5 Å². The maximum absolute atomic E-state index is 12.2. The third kappa shape index (κ3) is 5.20. The Labute approximate surface area is 147 Å². The lowest BCUT2D eigenvalue weighted by Crippen LogP contribution is -2.25. The van der Waals surface area contributed by atoms with Crippen LogP contribution in [0.3, 0.4) is 0 Å². The molecule has 0 spiro atoms. The molecule has 0 aliphatic rings. The number of nitrogens with one attached hydrogen (secondary N) is 1. The van der Waals surface area contributed by atoms with E-state index in [1.807, 2.05) is 6.92 Å². The molecule has 2 aromatic rings. The summed E-state index contributed by atoms with van der Waals surface area (Å²) in [4.78, 5) is 13.4. The summed E-state index contributed by atoms with van der Waals surface area (Å²) >= 11 is 1.72. The van der Waals surface area contributed by atoms with Gasteiger partial charge in [0, 0.05) is 22.8 Å². The van der Waals surface area contributed by atoms with Crippen LogP contribution in [0.1, 0.15) is 22.8 Å². The van der Waals surface area contributed by atoms with Crippen molar-refractivity contribution in [3.05, 3.63) is 53.6 Å². The van der Waals surface area contributed by atoms with Crippen LogP contribution in [0.5, 0.6) is 11.5 Å². The van der Waals surface area contributed by atoms with Gasteiger partial charge >= 0.3 is 0 Å². The molecule has 5 heteroatoms. The highest BCUT2D eigenvalue weighted by Gasteiger charge is 2.10. The molecule has 4 nitrogen and oxygen atoms in total. The molecule has 0 bridgehead atoms. The zero-order valence-corrected chi connectivity index (χ0v) is 15.1. The Kier molecular flexibility index (Phi) is 7.00. The molecular weight excluding hydrogens is 322 g/mol. The first-order chi connectivity index (χ1) is 11.6. The van der Waals surface area contributed by atoms with Gasteiger partial charge in [0.2, 0.25) is 0 Å². The number of rotatable bonds is 8. The second-order valence-electron chi connectivity index (χ2n) is 5.22. The summed E-state index contributed by atoms with van der Waals surface area (Å²) in [5.74, 6) is 1.93. The van der Waals surface area contributed by atoms with Crippen LogP contribution in [0.2, 0.25) is 0 Å². The first-order valence-electron chi connectivity index (χ1n) is 7.92. The highest BCUT2D eigenvalue weighted by Crippen LogP contribution is 2.28. The van der Waals surface area contributed by atoms with Gasteiger partial charge in [-0.15, -0.1) is 11.8 Å². The number of aryl methyl sites for hydroxylation is 1. The van der Waals surface area contributed by atoms with Gasteiger partial charge in [-0.25, -0.2) is 0 Å². The molecule has 0 aliphatic heterocycles. The average Bonchev–Trinajstić information content (AvgIpc) is 2.60. The molecule has 0 aromatic heterocycles. The molecule has 0 unspecified atom stereocenters. The van der Waals surface area contributed by atoms with E-state index in [0.717, 1.165) is 5.75 Å². The van der Waals surface area contributed by atoms with E-state index in [1.165, 1.54) is 10.5 Å². The van der Waals surface area contributed by atoms with E-state index < -0.39 is 0 Å². The van der Waals surface area contributed by atoms with Crippen molar-refractivity contribution in [2.45, 2.75) is 18.7 Å². The summed E-state index contributed by atoms with van der Waals surface area (Å²) in [7, 11) is 1.57. The van der Waals surface area contributed by atoms with Crippen LogP contribution in [0.15, 0.2) is 47.4 Å². The quantitative estimate of drug-likeness (QED) is 0.582. The molecule has 0 atom stereocenters. The van der Waals surface area contributed by atoms with Crippen LogP contribution in [0.25, 0.3) is 0 Å². The molecule has 2 aromatic carbocycles. The number of carbonyl (C=O) groups excluding carboxylic acids is 1. The lowest BCUT2D eigenvalue weighted by molar-refractivity contribution is 0.0955. The molecule has 0 saturated heterocycles. The van der Waals surface area contributed by atoms with E-state index in [1.54, 1.807) is 37.1 Å². The van der Waals surface area contributed by atoms with E-state index in [0.29, 0.717) is 30.2 Å². The predicted octanol–water partition coefficient (Wildman–Crippen LogP) is 3.92. The zero-order chi connectivity index (χ0) is 17.4. The Bertz CT molecular complexity index is 671. The monoisotopic (exact) mass is 345 g/mol. The first kappa shape index (κ1) is 18.2. The van der Waals surface area contributed by atoms with E-state index in [2.05, 4.69) is 36.5 Å². The fourth-order valence-electron chi connectivity index (χ4n) is 2.15. The Hall–Kier alpha value is -2.14. The van der Waals surface area contributed by atoms with Crippen LogP contribution in [-0.4, -0.2) is 31.9 Å². The van der Waals surface area contributed by atoms with Crippen molar-refractivity contribution in [1.82, 2.24) is 5.32 Å². The molecule has 1 N–H and O–H groups in total. The summed E-state index contributed by atoms with van der Waals surface area (Å²) in [6.07, 6.45) is 0. The number of hydrogen-bond acceptors (Lipinski definition) is 4. The van der Waals surface area contributed by atoms with Crippen LogP contribution in [0.4, 0.5) is 0 Å². The highest BCUT2D eigenvalue weighted by atomic mass is 32.2. The number of amides is 1. The van der Waals surface area contributed by atoms with Gasteiger partial charge in [0.05, 0.1) is 13.7 Å². The summed E-state index contributed by atoms with van der Waals surface area (Å²) < 4.78 is 10.7.